The van der Waals surface area contributed by atoms with E-state index in [4.69, 9.17) is 0 Å². The fourth-order valence-electron chi connectivity index (χ4n) is 2.70. The van der Waals surface area contributed by atoms with Gasteiger partial charge in [-0.2, -0.15) is 4.31 Å². The first-order valence-corrected chi connectivity index (χ1v) is 9.30. The summed E-state index contributed by atoms with van der Waals surface area (Å²) in [6.45, 7) is 2.59. The third kappa shape index (κ3) is 3.54. The molecular weight excluding hydrogens is 345 g/mol. The smallest absolute Gasteiger partial charge is 0.255 e. The van der Waals surface area contributed by atoms with Gasteiger partial charge in [0.05, 0.1) is 5.56 Å². The normalized spacial score (nSPS) is 16.0. The van der Waals surface area contributed by atoms with E-state index in [2.05, 4.69) is 4.98 Å². The molecule has 0 aliphatic carbocycles. The van der Waals surface area contributed by atoms with Gasteiger partial charge in [0.2, 0.25) is 10.0 Å². The van der Waals surface area contributed by atoms with Gasteiger partial charge in [0.1, 0.15) is 10.7 Å². The highest BCUT2D eigenvalue weighted by atomic mass is 32.2. The Labute approximate surface area is 145 Å². The molecule has 3 rings (SSSR count). The standard InChI is InChI=1S/C17H18FN3O3S/c1-13-6-7-14(12-19-13)17(22)20-8-10-21(11-9-20)25(23,24)16-5-3-2-4-15(16)18/h2-7,12H,8-11H2,1H3. The van der Waals surface area contributed by atoms with Gasteiger partial charge in [-0.1, -0.05) is 12.1 Å². The number of rotatable bonds is 3. The lowest BCUT2D eigenvalue weighted by Gasteiger charge is -2.34. The molecule has 1 amide bonds. The lowest BCUT2D eigenvalue weighted by molar-refractivity contribution is 0.0697. The van der Waals surface area contributed by atoms with Crippen LogP contribution in [0, 0.1) is 12.7 Å². The van der Waals surface area contributed by atoms with Crippen molar-refractivity contribution in [1.29, 1.82) is 0 Å². The summed E-state index contributed by atoms with van der Waals surface area (Å²) in [4.78, 5) is 17.8. The highest BCUT2D eigenvalue weighted by molar-refractivity contribution is 7.89. The van der Waals surface area contributed by atoms with E-state index < -0.39 is 15.8 Å². The largest absolute Gasteiger partial charge is 0.336 e. The lowest BCUT2D eigenvalue weighted by Crippen LogP contribution is -2.50. The van der Waals surface area contributed by atoms with E-state index in [1.165, 1.54) is 28.7 Å². The summed E-state index contributed by atoms with van der Waals surface area (Å²) >= 11 is 0. The van der Waals surface area contributed by atoms with E-state index in [-0.39, 0.29) is 37.0 Å². The number of halogens is 1. The zero-order chi connectivity index (χ0) is 18.0. The molecule has 1 aliphatic rings. The van der Waals surface area contributed by atoms with Gasteiger partial charge in [-0.15, -0.1) is 0 Å². The molecule has 0 atom stereocenters. The van der Waals surface area contributed by atoms with Crippen molar-refractivity contribution in [1.82, 2.24) is 14.2 Å². The third-order valence-corrected chi connectivity index (χ3v) is 6.07. The SMILES string of the molecule is Cc1ccc(C(=O)N2CCN(S(=O)(=O)c3ccccc3F)CC2)cn1. The number of amides is 1. The number of carbonyl (C=O) groups excluding carboxylic acids is 1. The maximum atomic E-state index is 13.8. The molecule has 1 saturated heterocycles. The Morgan fingerprint density at radius 3 is 2.36 bits per heavy atom. The quantitative estimate of drug-likeness (QED) is 0.832. The first-order chi connectivity index (χ1) is 11.9. The Hall–Kier alpha value is -2.32. The lowest BCUT2D eigenvalue weighted by atomic mass is 10.2. The van der Waals surface area contributed by atoms with Crippen molar-refractivity contribution >= 4 is 15.9 Å². The second-order valence-corrected chi connectivity index (χ2v) is 7.72. The fraction of sp³-hybridized carbons (Fsp3) is 0.294. The number of aromatic nitrogens is 1. The number of hydrogen-bond donors (Lipinski definition) is 0. The molecule has 2 heterocycles. The van der Waals surface area contributed by atoms with Crippen molar-refractivity contribution in [2.75, 3.05) is 26.2 Å². The number of hydrogen-bond acceptors (Lipinski definition) is 4. The molecule has 0 N–H and O–H groups in total. The summed E-state index contributed by atoms with van der Waals surface area (Å²) in [5.41, 5.74) is 1.29. The van der Waals surface area contributed by atoms with Crippen molar-refractivity contribution in [2.45, 2.75) is 11.8 Å². The van der Waals surface area contributed by atoms with Crippen molar-refractivity contribution < 1.29 is 17.6 Å². The fourth-order valence-corrected chi connectivity index (χ4v) is 4.19. The molecule has 0 bridgehead atoms. The summed E-state index contributed by atoms with van der Waals surface area (Å²) in [6.07, 6.45) is 1.51. The van der Waals surface area contributed by atoms with Crippen molar-refractivity contribution in [3.05, 3.63) is 59.7 Å². The van der Waals surface area contributed by atoms with E-state index in [9.17, 15) is 17.6 Å². The van der Waals surface area contributed by atoms with Crippen LogP contribution in [0.15, 0.2) is 47.5 Å². The second kappa shape index (κ2) is 6.89. The third-order valence-electron chi connectivity index (χ3n) is 4.14. The Kier molecular flexibility index (Phi) is 4.82. The average molecular weight is 363 g/mol. The zero-order valence-corrected chi connectivity index (χ0v) is 14.5. The first kappa shape index (κ1) is 17.5. The Bertz CT molecular complexity index is 876. The van der Waals surface area contributed by atoms with E-state index in [0.29, 0.717) is 5.56 Å². The van der Waals surface area contributed by atoms with Crippen LogP contribution < -0.4 is 0 Å². The van der Waals surface area contributed by atoms with Crippen LogP contribution in [0.25, 0.3) is 0 Å². The van der Waals surface area contributed by atoms with E-state index >= 15 is 0 Å². The molecule has 2 aromatic rings. The minimum atomic E-state index is -3.90. The molecule has 0 radical (unpaired) electrons. The Morgan fingerprint density at radius 2 is 1.76 bits per heavy atom. The molecule has 1 aromatic carbocycles. The van der Waals surface area contributed by atoms with Crippen LogP contribution in [0.3, 0.4) is 0 Å². The summed E-state index contributed by atoms with van der Waals surface area (Å²) in [5, 5.41) is 0. The minimum Gasteiger partial charge on any atom is -0.336 e. The minimum absolute atomic E-state index is 0.127. The maximum absolute atomic E-state index is 13.8. The second-order valence-electron chi connectivity index (χ2n) is 5.81. The van der Waals surface area contributed by atoms with Crippen molar-refractivity contribution in [2.24, 2.45) is 0 Å². The van der Waals surface area contributed by atoms with Gasteiger partial charge in [-0.3, -0.25) is 9.78 Å². The number of sulfonamides is 1. The molecular formula is C17H18FN3O3S. The highest BCUT2D eigenvalue weighted by Crippen LogP contribution is 2.20. The molecule has 1 aromatic heterocycles. The van der Waals surface area contributed by atoms with Gasteiger partial charge in [-0.25, -0.2) is 12.8 Å². The van der Waals surface area contributed by atoms with Gasteiger partial charge in [0, 0.05) is 38.1 Å². The molecule has 8 heteroatoms. The summed E-state index contributed by atoms with van der Waals surface area (Å²) < 4.78 is 40.2. The van der Waals surface area contributed by atoms with E-state index in [1.54, 1.807) is 17.0 Å². The summed E-state index contributed by atoms with van der Waals surface area (Å²) in [5.74, 6) is -0.956. The predicted molar refractivity (Wildman–Crippen MR) is 90.0 cm³/mol. The summed E-state index contributed by atoms with van der Waals surface area (Å²) in [6, 6.07) is 8.76. The molecule has 1 fully saturated rings. The molecule has 132 valence electrons. The number of aryl methyl sites for hydroxylation is 1. The van der Waals surface area contributed by atoms with Gasteiger partial charge in [0.25, 0.3) is 5.91 Å². The number of nitrogens with zero attached hydrogens (tertiary/aromatic N) is 3. The molecule has 0 unspecified atom stereocenters. The molecule has 1 aliphatic heterocycles. The summed E-state index contributed by atoms with van der Waals surface area (Å²) in [7, 11) is -3.90. The van der Waals surface area contributed by atoms with Crippen LogP contribution in [-0.4, -0.2) is 54.7 Å². The Morgan fingerprint density at radius 1 is 1.08 bits per heavy atom. The number of benzene rings is 1. The number of piperazine rings is 1. The van der Waals surface area contributed by atoms with Crippen molar-refractivity contribution in [3.8, 4) is 0 Å². The Balaban J connectivity index is 1.70. The maximum Gasteiger partial charge on any atom is 0.255 e. The first-order valence-electron chi connectivity index (χ1n) is 7.86. The zero-order valence-electron chi connectivity index (χ0n) is 13.7. The molecule has 25 heavy (non-hydrogen) atoms. The topological polar surface area (TPSA) is 70.6 Å². The number of pyridine rings is 1. The van der Waals surface area contributed by atoms with E-state index in [0.717, 1.165) is 11.8 Å². The van der Waals surface area contributed by atoms with Crippen LogP contribution in [0.1, 0.15) is 16.1 Å². The predicted octanol–water partition coefficient (Wildman–Crippen LogP) is 1.68. The van der Waals surface area contributed by atoms with Crippen LogP contribution in [0.2, 0.25) is 0 Å². The molecule has 6 nitrogen and oxygen atoms in total. The van der Waals surface area contributed by atoms with Crippen LogP contribution in [0.4, 0.5) is 4.39 Å². The van der Waals surface area contributed by atoms with Crippen molar-refractivity contribution in [3.63, 3.8) is 0 Å². The average Bonchev–Trinajstić information content (AvgIpc) is 2.62. The molecule has 0 saturated carbocycles. The van der Waals surface area contributed by atoms with Crippen LogP contribution >= 0.6 is 0 Å². The number of carbonyl (C=O) groups is 1. The van der Waals surface area contributed by atoms with Gasteiger partial charge < -0.3 is 4.90 Å². The van der Waals surface area contributed by atoms with Crippen LogP contribution in [0.5, 0.6) is 0 Å². The van der Waals surface area contributed by atoms with Gasteiger partial charge >= 0.3 is 0 Å². The van der Waals surface area contributed by atoms with Gasteiger partial charge in [0.15, 0.2) is 0 Å². The van der Waals surface area contributed by atoms with E-state index in [1.807, 2.05) is 6.92 Å². The highest BCUT2D eigenvalue weighted by Gasteiger charge is 2.32. The van der Waals surface area contributed by atoms with Gasteiger partial charge in [-0.05, 0) is 31.2 Å². The molecule has 0 spiro atoms. The monoisotopic (exact) mass is 363 g/mol. The van der Waals surface area contributed by atoms with Crippen LogP contribution in [-0.2, 0) is 10.0 Å².